The molecule has 0 radical (unpaired) electrons. The molecule has 1 rings (SSSR count). The molecule has 0 aromatic heterocycles. The van der Waals surface area contributed by atoms with Crippen LogP contribution in [0, 0.1) is 0 Å². The summed E-state index contributed by atoms with van der Waals surface area (Å²) in [4.78, 5) is 0. The van der Waals surface area contributed by atoms with Gasteiger partial charge in [0, 0.05) is 18.1 Å². The number of hydrogen-bond acceptors (Lipinski definition) is 3. The molecule has 0 aromatic carbocycles. The van der Waals surface area contributed by atoms with E-state index in [0.29, 0.717) is 12.8 Å². The van der Waals surface area contributed by atoms with Crippen LogP contribution in [0.1, 0.15) is 47.5 Å². The van der Waals surface area contributed by atoms with Gasteiger partial charge in [0.15, 0.2) is 0 Å². The van der Waals surface area contributed by atoms with E-state index in [2.05, 4.69) is 40.9 Å². The number of rotatable bonds is 2. The molecule has 0 amide bonds. The van der Waals surface area contributed by atoms with Gasteiger partial charge in [-0.25, -0.2) is 0 Å². The Morgan fingerprint density at radius 2 is 1.53 bits per heavy atom. The maximum atomic E-state index is 10.7. The van der Waals surface area contributed by atoms with E-state index in [-0.39, 0.29) is 16.5 Å². The summed E-state index contributed by atoms with van der Waals surface area (Å²) < 4.78 is 5.98. The highest BCUT2D eigenvalue weighted by atomic mass is 32.2. The van der Waals surface area contributed by atoms with Gasteiger partial charge in [0.05, 0.1) is 16.8 Å². The topological polar surface area (TPSA) is 29.5 Å². The minimum Gasteiger partial charge on any atom is -0.389 e. The monoisotopic (exact) mass is 232 g/mol. The van der Waals surface area contributed by atoms with E-state index in [9.17, 15) is 5.11 Å². The van der Waals surface area contributed by atoms with Crippen molar-refractivity contribution in [3.63, 3.8) is 0 Å². The van der Waals surface area contributed by atoms with Crippen LogP contribution < -0.4 is 0 Å². The molecular formula is C12H24O2S. The van der Waals surface area contributed by atoms with Crippen molar-refractivity contribution >= 4 is 11.8 Å². The number of hydrogen-bond donors (Lipinski definition) is 1. The quantitative estimate of drug-likeness (QED) is 0.794. The summed E-state index contributed by atoms with van der Waals surface area (Å²) in [5.41, 5.74) is -1.08. The largest absolute Gasteiger partial charge is 0.389 e. The van der Waals surface area contributed by atoms with Crippen LogP contribution in [-0.2, 0) is 4.74 Å². The molecule has 1 N–H and O–H groups in total. The minimum atomic E-state index is -0.606. The molecule has 0 bridgehead atoms. The second kappa shape index (κ2) is 3.94. The van der Waals surface area contributed by atoms with Crippen LogP contribution in [0.25, 0.3) is 0 Å². The first-order valence-electron chi connectivity index (χ1n) is 5.56. The van der Waals surface area contributed by atoms with Crippen LogP contribution in [0.3, 0.4) is 0 Å². The summed E-state index contributed by atoms with van der Waals surface area (Å²) in [5, 5.41) is 11.0. The summed E-state index contributed by atoms with van der Waals surface area (Å²) in [7, 11) is 0. The van der Waals surface area contributed by atoms with Gasteiger partial charge in [-0.05, 0) is 34.0 Å². The summed E-state index contributed by atoms with van der Waals surface area (Å²) >= 11 is 1.73. The normalized spacial score (nSPS) is 29.8. The predicted molar refractivity (Wildman–Crippen MR) is 66.4 cm³/mol. The van der Waals surface area contributed by atoms with Crippen LogP contribution in [-0.4, -0.2) is 33.4 Å². The van der Waals surface area contributed by atoms with Gasteiger partial charge in [0.2, 0.25) is 0 Å². The van der Waals surface area contributed by atoms with Crippen molar-refractivity contribution in [1.29, 1.82) is 0 Å². The van der Waals surface area contributed by atoms with Crippen molar-refractivity contribution in [1.82, 2.24) is 0 Å². The third kappa shape index (κ3) is 3.11. The lowest BCUT2D eigenvalue weighted by Gasteiger charge is -2.51. The maximum absolute atomic E-state index is 10.7. The van der Waals surface area contributed by atoms with E-state index >= 15 is 0 Å². The van der Waals surface area contributed by atoms with Gasteiger partial charge in [0.25, 0.3) is 0 Å². The molecule has 0 spiro atoms. The summed E-state index contributed by atoms with van der Waals surface area (Å²) in [5.74, 6) is 0. The van der Waals surface area contributed by atoms with E-state index in [1.807, 2.05) is 0 Å². The molecule has 1 unspecified atom stereocenters. The van der Waals surface area contributed by atoms with Crippen molar-refractivity contribution < 1.29 is 9.84 Å². The molecule has 1 heterocycles. The van der Waals surface area contributed by atoms with Crippen LogP contribution >= 0.6 is 11.8 Å². The molecule has 90 valence electrons. The molecule has 2 nitrogen and oxygen atoms in total. The zero-order valence-corrected chi connectivity index (χ0v) is 11.6. The summed E-state index contributed by atoms with van der Waals surface area (Å²) in [6.07, 6.45) is 3.48. The van der Waals surface area contributed by atoms with Crippen molar-refractivity contribution in [2.24, 2.45) is 0 Å². The van der Waals surface area contributed by atoms with Crippen molar-refractivity contribution in [3.05, 3.63) is 0 Å². The molecule has 15 heavy (non-hydrogen) atoms. The Balaban J connectivity index is 2.92. The lowest BCUT2D eigenvalue weighted by atomic mass is 9.76. The van der Waals surface area contributed by atoms with E-state index in [0.717, 1.165) is 0 Å². The van der Waals surface area contributed by atoms with E-state index in [1.165, 1.54) is 0 Å². The highest BCUT2D eigenvalue weighted by Gasteiger charge is 2.49. The lowest BCUT2D eigenvalue weighted by molar-refractivity contribution is -0.218. The third-order valence-corrected chi connectivity index (χ3v) is 4.27. The highest BCUT2D eigenvalue weighted by molar-refractivity contribution is 7.99. The van der Waals surface area contributed by atoms with Gasteiger partial charge >= 0.3 is 0 Å². The van der Waals surface area contributed by atoms with Gasteiger partial charge < -0.3 is 9.84 Å². The van der Waals surface area contributed by atoms with Crippen molar-refractivity contribution in [2.75, 3.05) is 6.26 Å². The van der Waals surface area contributed by atoms with Crippen LogP contribution in [0.4, 0.5) is 0 Å². The second-order valence-corrected chi connectivity index (χ2v) is 7.14. The molecule has 1 atom stereocenters. The van der Waals surface area contributed by atoms with Gasteiger partial charge in [-0.3, -0.25) is 0 Å². The fraction of sp³-hybridized carbons (Fsp3) is 1.00. The van der Waals surface area contributed by atoms with Gasteiger partial charge in [-0.2, -0.15) is 11.8 Å². The molecular weight excluding hydrogens is 208 g/mol. The molecule has 3 heteroatoms. The molecule has 1 aliphatic rings. The molecule has 0 aliphatic carbocycles. The fourth-order valence-corrected chi connectivity index (χ4v) is 3.47. The predicted octanol–water partition coefficient (Wildman–Crippen LogP) is 2.84. The highest BCUT2D eigenvalue weighted by Crippen LogP contribution is 2.44. The average molecular weight is 232 g/mol. The average Bonchev–Trinajstić information content (AvgIpc) is 1.95. The Labute approximate surface area is 97.8 Å². The first kappa shape index (κ1) is 13.3. The maximum Gasteiger partial charge on any atom is 0.0817 e. The minimum absolute atomic E-state index is 0.236. The van der Waals surface area contributed by atoms with Crippen LogP contribution in [0.2, 0.25) is 0 Å². The second-order valence-electron chi connectivity index (χ2n) is 5.96. The summed E-state index contributed by atoms with van der Waals surface area (Å²) in [6.45, 7) is 10.3. The van der Waals surface area contributed by atoms with Gasteiger partial charge in [0.1, 0.15) is 0 Å². The zero-order valence-electron chi connectivity index (χ0n) is 10.8. The Kier molecular flexibility index (Phi) is 3.50. The standard InChI is InChI=1S/C12H24O2S/c1-9(15-6)12(13)7-10(2,3)14-11(4,5)8-12/h9,13H,7-8H2,1-6H3. The fourth-order valence-electron chi connectivity index (χ4n) is 2.86. The molecule has 0 aromatic rings. The van der Waals surface area contributed by atoms with E-state index in [4.69, 9.17) is 4.74 Å². The Bertz CT molecular complexity index is 220. The summed E-state index contributed by atoms with van der Waals surface area (Å²) in [6, 6.07) is 0. The van der Waals surface area contributed by atoms with Crippen LogP contribution in [0.5, 0.6) is 0 Å². The molecule has 1 saturated heterocycles. The molecule has 0 saturated carbocycles. The zero-order chi connectivity index (χ0) is 11.9. The molecule has 1 fully saturated rings. The lowest BCUT2D eigenvalue weighted by Crippen LogP contribution is -2.57. The number of ether oxygens (including phenoxy) is 1. The van der Waals surface area contributed by atoms with Crippen molar-refractivity contribution in [3.8, 4) is 0 Å². The number of aliphatic hydroxyl groups is 1. The first-order valence-corrected chi connectivity index (χ1v) is 6.84. The Morgan fingerprint density at radius 3 is 1.87 bits per heavy atom. The van der Waals surface area contributed by atoms with Crippen LogP contribution in [0.15, 0.2) is 0 Å². The number of thioether (sulfide) groups is 1. The van der Waals surface area contributed by atoms with Gasteiger partial charge in [-0.1, -0.05) is 6.92 Å². The Morgan fingerprint density at radius 1 is 1.13 bits per heavy atom. The smallest absolute Gasteiger partial charge is 0.0817 e. The molecule has 1 aliphatic heterocycles. The van der Waals surface area contributed by atoms with E-state index in [1.54, 1.807) is 11.8 Å². The van der Waals surface area contributed by atoms with Gasteiger partial charge in [-0.15, -0.1) is 0 Å². The first-order chi connectivity index (χ1) is 6.60. The Hall–Kier alpha value is 0.270. The van der Waals surface area contributed by atoms with Crippen molar-refractivity contribution in [2.45, 2.75) is 69.5 Å². The third-order valence-electron chi connectivity index (χ3n) is 3.13. The van der Waals surface area contributed by atoms with E-state index < -0.39 is 5.60 Å². The SMILES string of the molecule is CSC(C)C1(O)CC(C)(C)OC(C)(C)C1.